The molecule has 18 atom stereocenters. The van der Waals surface area contributed by atoms with Gasteiger partial charge in [0, 0.05) is 49.5 Å². The van der Waals surface area contributed by atoms with Crippen LogP contribution in [0.5, 0.6) is 0 Å². The first-order valence-electron chi connectivity index (χ1n) is 21.7. The maximum atomic E-state index is 13.9. The van der Waals surface area contributed by atoms with Gasteiger partial charge in [0.15, 0.2) is 18.2 Å². The monoisotopic (exact) mass is 866 g/mol. The largest absolute Gasteiger partial charge is 0.490 e. The zero-order chi connectivity index (χ0) is 45.9. The Hall–Kier alpha value is -3.12. The second-order valence-corrected chi connectivity index (χ2v) is 17.5. The molecule has 15 nitrogen and oxygen atoms in total. The molecule has 2 fully saturated rings. The van der Waals surface area contributed by atoms with Crippen LogP contribution in [0, 0.1) is 35.5 Å². The third kappa shape index (κ3) is 13.7. The highest BCUT2D eigenvalue weighted by Gasteiger charge is 2.52. The van der Waals surface area contributed by atoms with Gasteiger partial charge in [-0.2, -0.15) is 0 Å². The fraction of sp³-hybridized carbons (Fsp3) is 0.739. The second kappa shape index (κ2) is 23.5. The fourth-order valence-corrected chi connectivity index (χ4v) is 8.94. The molecule has 0 radical (unpaired) electrons. The van der Waals surface area contributed by atoms with Gasteiger partial charge in [-0.05, 0) is 52.5 Å². The summed E-state index contributed by atoms with van der Waals surface area (Å²) in [4.78, 5) is 25.4. The van der Waals surface area contributed by atoms with Crippen LogP contribution in [-0.2, 0) is 38.0 Å². The molecule has 0 bridgehead atoms. The van der Waals surface area contributed by atoms with Crippen LogP contribution in [0.2, 0.25) is 0 Å². The van der Waals surface area contributed by atoms with Crippen molar-refractivity contribution in [1.29, 1.82) is 0 Å². The van der Waals surface area contributed by atoms with Crippen molar-refractivity contribution in [1.82, 2.24) is 0 Å². The summed E-state index contributed by atoms with van der Waals surface area (Å²) in [5, 5.41) is 58.0. The van der Waals surface area contributed by atoms with Crippen LogP contribution in [0.3, 0.4) is 0 Å². The number of esters is 1. The standard InChI is InChI=1S/C46H75NO14/c1-13-16-34-28(7)37(58-38-22-33(48)43(31(10)57-38)60-45(47)53)23-46(54,61-34)30(9)41(51)29(8)42-35(55-11)18-15-17-24(3)19-26(5)39(49)32(14-2)40(50)27(6)20-25(4)21-36(56-12)44(52)59-42/h13,15-18,20-21,26-35,37-43,48-51,54H,14,19,22-23H2,1-12H3,(H2,47,53)/b16-13+,18-15+,24-17+,25-20+,36-21-/t26-,27+,28-,29+,30-,31-,32-,33-,34-,35+,37-,38+,39-,40+,41-,42+,43-,46+/m1/s1. The molecule has 3 rings (SSSR count). The van der Waals surface area contributed by atoms with E-state index >= 15 is 0 Å². The number of hydrogen-bond donors (Lipinski definition) is 6. The van der Waals surface area contributed by atoms with Crippen LogP contribution in [0.1, 0.15) is 94.9 Å². The van der Waals surface area contributed by atoms with Crippen molar-refractivity contribution in [3.63, 3.8) is 0 Å². The van der Waals surface area contributed by atoms with E-state index in [1.54, 1.807) is 52.0 Å². The van der Waals surface area contributed by atoms with E-state index in [1.807, 2.05) is 53.7 Å². The minimum atomic E-state index is -1.97. The van der Waals surface area contributed by atoms with Crippen molar-refractivity contribution in [2.45, 2.75) is 168 Å². The summed E-state index contributed by atoms with van der Waals surface area (Å²) < 4.78 is 41.4. The van der Waals surface area contributed by atoms with Crippen LogP contribution in [-0.4, -0.2) is 125 Å². The summed E-state index contributed by atoms with van der Waals surface area (Å²) in [5.74, 6) is -6.00. The van der Waals surface area contributed by atoms with Crippen LogP contribution in [0.25, 0.3) is 0 Å². The molecule has 0 aliphatic carbocycles. The molecule has 348 valence electrons. The van der Waals surface area contributed by atoms with Crippen LogP contribution in [0.15, 0.2) is 59.4 Å². The molecule has 0 aromatic heterocycles. The Bertz CT molecular complexity index is 1570. The van der Waals surface area contributed by atoms with E-state index in [0.29, 0.717) is 18.4 Å². The van der Waals surface area contributed by atoms with Gasteiger partial charge in [0.25, 0.3) is 0 Å². The molecule has 2 saturated heterocycles. The number of ether oxygens (including phenoxy) is 7. The molecule has 15 heteroatoms. The van der Waals surface area contributed by atoms with Gasteiger partial charge in [-0.15, -0.1) is 0 Å². The minimum absolute atomic E-state index is 0.0313. The number of allylic oxidation sites excluding steroid dienone is 6. The number of cyclic esters (lactones) is 1. The molecule has 3 heterocycles. The van der Waals surface area contributed by atoms with E-state index in [9.17, 15) is 35.1 Å². The zero-order valence-corrected chi connectivity index (χ0v) is 38.2. The maximum absolute atomic E-state index is 13.9. The number of nitrogens with two attached hydrogens (primary N) is 1. The van der Waals surface area contributed by atoms with Gasteiger partial charge >= 0.3 is 12.1 Å². The Morgan fingerprint density at radius 1 is 1.10 bits per heavy atom. The van der Waals surface area contributed by atoms with Gasteiger partial charge in [0.2, 0.25) is 5.76 Å². The smallest absolute Gasteiger partial charge is 0.404 e. The first-order chi connectivity index (χ1) is 28.6. The summed E-state index contributed by atoms with van der Waals surface area (Å²) in [6.45, 7) is 18.2. The zero-order valence-electron chi connectivity index (χ0n) is 38.2. The van der Waals surface area contributed by atoms with Gasteiger partial charge in [0.1, 0.15) is 12.2 Å². The molecule has 0 aromatic rings. The summed E-state index contributed by atoms with van der Waals surface area (Å²) >= 11 is 0. The number of aliphatic hydroxyl groups excluding tert-OH is 4. The summed E-state index contributed by atoms with van der Waals surface area (Å²) in [5.41, 5.74) is 6.78. The van der Waals surface area contributed by atoms with Crippen molar-refractivity contribution in [3.8, 4) is 0 Å². The van der Waals surface area contributed by atoms with Gasteiger partial charge in [-0.3, -0.25) is 0 Å². The number of rotatable bonds is 11. The van der Waals surface area contributed by atoms with E-state index in [-0.39, 0.29) is 42.3 Å². The lowest BCUT2D eigenvalue weighted by Crippen LogP contribution is -2.59. The van der Waals surface area contributed by atoms with Crippen molar-refractivity contribution < 1.29 is 68.3 Å². The molecular weight excluding hydrogens is 790 g/mol. The number of methoxy groups -OCH3 is 2. The van der Waals surface area contributed by atoms with Crippen molar-refractivity contribution >= 4 is 12.1 Å². The third-order valence-electron chi connectivity index (χ3n) is 12.8. The molecule has 3 aliphatic heterocycles. The number of carbonyl (C=O) groups excluding carboxylic acids is 2. The topological polar surface area (TPSA) is 226 Å². The maximum Gasteiger partial charge on any atom is 0.404 e. The average molecular weight is 866 g/mol. The molecule has 7 N–H and O–H groups in total. The molecule has 0 saturated carbocycles. The molecule has 1 amide bonds. The Morgan fingerprint density at radius 2 is 1.77 bits per heavy atom. The Labute approximate surface area is 362 Å². The average Bonchev–Trinajstić information content (AvgIpc) is 3.19. The lowest BCUT2D eigenvalue weighted by Gasteiger charge is -2.49. The van der Waals surface area contributed by atoms with Crippen LogP contribution < -0.4 is 5.73 Å². The van der Waals surface area contributed by atoms with E-state index in [4.69, 9.17) is 38.9 Å². The first-order valence-corrected chi connectivity index (χ1v) is 21.7. The number of hydrogen-bond acceptors (Lipinski definition) is 14. The van der Waals surface area contributed by atoms with Crippen LogP contribution in [0.4, 0.5) is 4.79 Å². The molecule has 3 aliphatic rings. The highest BCUT2D eigenvalue weighted by Crippen LogP contribution is 2.42. The number of amides is 1. The predicted molar refractivity (Wildman–Crippen MR) is 228 cm³/mol. The van der Waals surface area contributed by atoms with Crippen molar-refractivity contribution in [2.75, 3.05) is 14.2 Å². The van der Waals surface area contributed by atoms with Gasteiger partial charge in [-0.25, -0.2) is 9.59 Å². The quantitative estimate of drug-likeness (QED) is 0.119. The van der Waals surface area contributed by atoms with Crippen molar-refractivity contribution in [2.24, 2.45) is 41.2 Å². The van der Waals surface area contributed by atoms with Crippen molar-refractivity contribution in [3.05, 3.63) is 59.4 Å². The van der Waals surface area contributed by atoms with Gasteiger partial charge < -0.3 is 64.4 Å². The highest BCUT2D eigenvalue weighted by atomic mass is 16.7. The molecule has 61 heavy (non-hydrogen) atoms. The normalized spacial score (nSPS) is 42.2. The van der Waals surface area contributed by atoms with E-state index in [2.05, 4.69) is 0 Å². The summed E-state index contributed by atoms with van der Waals surface area (Å²) in [7, 11) is 2.81. The Balaban J connectivity index is 2.00. The molecular formula is C46H75NO14. The highest BCUT2D eigenvalue weighted by molar-refractivity contribution is 5.87. The predicted octanol–water partition coefficient (Wildman–Crippen LogP) is 4.98. The molecule has 0 spiro atoms. The fourth-order valence-electron chi connectivity index (χ4n) is 8.94. The molecule has 0 unspecified atom stereocenters. The van der Waals surface area contributed by atoms with Crippen LogP contribution >= 0.6 is 0 Å². The lowest BCUT2D eigenvalue weighted by molar-refractivity contribution is -0.338. The van der Waals surface area contributed by atoms with E-state index < -0.39 is 97.0 Å². The lowest BCUT2D eigenvalue weighted by atomic mass is 9.77. The first kappa shape index (κ1) is 52.2. The second-order valence-electron chi connectivity index (χ2n) is 17.5. The number of primary amides is 1. The third-order valence-corrected chi connectivity index (χ3v) is 12.8. The Kier molecular flexibility index (Phi) is 20.1. The number of carbonyl (C=O) groups is 2. The SMILES string of the molecule is C/C=C/[C@H]1O[C@](O)([C@H](C)[C@H](O)[C@H](C)[C@@H]2OC(=O)/C(OC)=C/C(C)=C/[C@H](C)[C@H](O)[C@H](CC)[C@H](O)[C@H](C)C/C(C)=C/C=C/[C@@H]2OC)C[C@@H](O[C@H]2C[C@@H](O)[C@H](OC(N)=O)[C@@H](C)O2)[C@@H]1C. The minimum Gasteiger partial charge on any atom is -0.490 e. The number of aliphatic hydroxyl groups is 5. The van der Waals surface area contributed by atoms with Gasteiger partial charge in [-0.1, -0.05) is 89.1 Å². The summed E-state index contributed by atoms with van der Waals surface area (Å²) in [6.07, 6.45) is 2.20. The van der Waals surface area contributed by atoms with Gasteiger partial charge in [0.05, 0.1) is 49.8 Å². The Morgan fingerprint density at radius 3 is 2.34 bits per heavy atom. The van der Waals surface area contributed by atoms with E-state index in [1.165, 1.54) is 20.3 Å². The van der Waals surface area contributed by atoms with E-state index in [0.717, 1.165) is 5.57 Å². The molecule has 0 aromatic carbocycles. The summed E-state index contributed by atoms with van der Waals surface area (Å²) in [6, 6.07) is 0.